The van der Waals surface area contributed by atoms with Gasteiger partial charge in [-0.05, 0) is 6.42 Å². The van der Waals surface area contributed by atoms with Crippen molar-refractivity contribution in [3.05, 3.63) is 6.92 Å². The van der Waals surface area contributed by atoms with Gasteiger partial charge in [-0.3, -0.25) is 4.79 Å². The number of carbonyl (C=O) groups is 1. The van der Waals surface area contributed by atoms with Crippen molar-refractivity contribution in [2.75, 3.05) is 0 Å². The van der Waals surface area contributed by atoms with E-state index in [1.165, 1.54) is 83.5 Å². The molecule has 0 saturated carbocycles. The fourth-order valence-electron chi connectivity index (χ4n) is 2.57. The van der Waals surface area contributed by atoms with Gasteiger partial charge in [-0.15, -0.1) is 12.6 Å². The first-order valence-corrected chi connectivity index (χ1v) is 9.23. The molecule has 120 valence electrons. The van der Waals surface area contributed by atoms with Crippen LogP contribution < -0.4 is 0 Å². The molecule has 0 aliphatic carbocycles. The third-order valence-corrected chi connectivity index (χ3v) is 4.11. The molecule has 1 nitrogen and oxygen atoms in total. The maximum absolute atomic E-state index is 10.6. The van der Waals surface area contributed by atoms with Gasteiger partial charge in [0.05, 0.1) is 0 Å². The number of carbonyl (C=O) groups excluding carboxylic acids is 1. The van der Waals surface area contributed by atoms with Crippen molar-refractivity contribution in [2.45, 2.75) is 103 Å². The number of thiol groups is 1. The summed E-state index contributed by atoms with van der Waals surface area (Å²) in [4.78, 5) is 10.6. The normalized spacial score (nSPS) is 10.9. The molecular weight excluding hydrogens is 264 g/mol. The number of rotatable bonds is 16. The second-order valence-electron chi connectivity index (χ2n) is 5.95. The van der Waals surface area contributed by atoms with Gasteiger partial charge in [0.1, 0.15) is 0 Å². The Kier molecular flexibility index (Phi) is 17.1. The minimum Gasteiger partial charge on any atom is -0.343 e. The van der Waals surface area contributed by atoms with Gasteiger partial charge in [-0.2, -0.15) is 6.42 Å². The molecule has 0 bridgehead atoms. The van der Waals surface area contributed by atoms with Crippen LogP contribution in [0.1, 0.15) is 103 Å². The van der Waals surface area contributed by atoms with Crippen LogP contribution in [0, 0.1) is 6.92 Å². The van der Waals surface area contributed by atoms with E-state index in [9.17, 15) is 4.79 Å². The third-order valence-electron chi connectivity index (χ3n) is 3.89. The summed E-state index contributed by atoms with van der Waals surface area (Å²) in [5, 5.41) is 0.0383. The van der Waals surface area contributed by atoms with Gasteiger partial charge in [0.15, 0.2) is 5.12 Å². The highest BCUT2D eigenvalue weighted by Gasteiger charge is 1.96. The average molecular weight is 300 g/mol. The Morgan fingerprint density at radius 2 is 0.900 bits per heavy atom. The summed E-state index contributed by atoms with van der Waals surface area (Å²) >= 11 is 3.78. The summed E-state index contributed by atoms with van der Waals surface area (Å²) in [5.74, 6) is 0. The van der Waals surface area contributed by atoms with E-state index in [-0.39, 0.29) is 5.12 Å². The smallest absolute Gasteiger partial charge is 0.185 e. The highest BCUT2D eigenvalue weighted by molar-refractivity contribution is 7.96. The van der Waals surface area contributed by atoms with E-state index < -0.39 is 0 Å². The predicted octanol–water partition coefficient (Wildman–Crippen LogP) is 6.52. The van der Waals surface area contributed by atoms with Crippen LogP contribution in [0.25, 0.3) is 0 Å². The van der Waals surface area contributed by atoms with E-state index in [0.29, 0.717) is 6.42 Å². The SMILES string of the molecule is [CH2-]CCCCCCCCCCCCCCCCC(=O)S. The Balaban J connectivity index is 2.94. The van der Waals surface area contributed by atoms with Crippen molar-refractivity contribution in [3.8, 4) is 0 Å². The van der Waals surface area contributed by atoms with Gasteiger partial charge < -0.3 is 6.92 Å². The first-order valence-electron chi connectivity index (χ1n) is 8.78. The quantitative estimate of drug-likeness (QED) is 0.195. The van der Waals surface area contributed by atoms with Gasteiger partial charge in [-0.1, -0.05) is 83.5 Å². The van der Waals surface area contributed by atoms with Crippen molar-refractivity contribution in [1.29, 1.82) is 0 Å². The van der Waals surface area contributed by atoms with Crippen LogP contribution in [-0.2, 0) is 4.79 Å². The van der Waals surface area contributed by atoms with E-state index in [4.69, 9.17) is 0 Å². The number of unbranched alkanes of at least 4 members (excludes halogenated alkanes) is 14. The largest absolute Gasteiger partial charge is 0.343 e. The van der Waals surface area contributed by atoms with Gasteiger partial charge in [0.2, 0.25) is 0 Å². The average Bonchev–Trinajstić information content (AvgIpc) is 2.43. The lowest BCUT2D eigenvalue weighted by atomic mass is 10.0. The van der Waals surface area contributed by atoms with E-state index in [2.05, 4.69) is 19.6 Å². The highest BCUT2D eigenvalue weighted by atomic mass is 32.1. The summed E-state index contributed by atoms with van der Waals surface area (Å²) in [6.07, 6.45) is 20.6. The molecule has 0 aliphatic heterocycles. The molecule has 0 amide bonds. The molecule has 0 N–H and O–H groups in total. The number of hydrogen-bond acceptors (Lipinski definition) is 1. The molecule has 0 aromatic carbocycles. The van der Waals surface area contributed by atoms with Gasteiger partial charge >= 0.3 is 0 Å². The first kappa shape index (κ1) is 20.0. The molecule has 0 aliphatic rings. The predicted molar refractivity (Wildman–Crippen MR) is 93.2 cm³/mol. The first-order chi connectivity index (χ1) is 9.77. The summed E-state index contributed by atoms with van der Waals surface area (Å²) in [6, 6.07) is 0. The van der Waals surface area contributed by atoms with Gasteiger partial charge in [-0.25, -0.2) is 0 Å². The Labute approximate surface area is 132 Å². The molecule has 0 spiro atoms. The molecule has 0 radical (unpaired) electrons. The van der Waals surface area contributed by atoms with Crippen LogP contribution in [0.15, 0.2) is 0 Å². The summed E-state index contributed by atoms with van der Waals surface area (Å²) in [7, 11) is 0. The summed E-state index contributed by atoms with van der Waals surface area (Å²) in [6.45, 7) is 3.87. The number of hydrogen-bond donors (Lipinski definition) is 1. The van der Waals surface area contributed by atoms with E-state index in [1.54, 1.807) is 0 Å². The molecule has 0 aromatic heterocycles. The lowest BCUT2D eigenvalue weighted by Crippen LogP contribution is -1.87. The molecule has 0 unspecified atom stereocenters. The monoisotopic (exact) mass is 299 g/mol. The van der Waals surface area contributed by atoms with E-state index >= 15 is 0 Å². The Morgan fingerprint density at radius 1 is 0.600 bits per heavy atom. The molecule has 0 saturated heterocycles. The van der Waals surface area contributed by atoms with Crippen molar-refractivity contribution < 1.29 is 4.79 Å². The maximum atomic E-state index is 10.6. The lowest BCUT2D eigenvalue weighted by molar-refractivity contribution is -0.110. The van der Waals surface area contributed by atoms with Crippen LogP contribution in [0.4, 0.5) is 0 Å². The summed E-state index contributed by atoms with van der Waals surface area (Å²) in [5.41, 5.74) is 0. The van der Waals surface area contributed by atoms with Crippen LogP contribution in [0.2, 0.25) is 0 Å². The Morgan fingerprint density at radius 3 is 1.20 bits per heavy atom. The van der Waals surface area contributed by atoms with Crippen LogP contribution in [0.5, 0.6) is 0 Å². The second-order valence-corrected chi connectivity index (χ2v) is 6.45. The zero-order chi connectivity index (χ0) is 14.9. The summed E-state index contributed by atoms with van der Waals surface area (Å²) < 4.78 is 0. The minimum absolute atomic E-state index is 0.0383. The lowest BCUT2D eigenvalue weighted by Gasteiger charge is -2.03. The Bertz CT molecular complexity index is 204. The van der Waals surface area contributed by atoms with Gasteiger partial charge in [0.25, 0.3) is 0 Å². The molecule has 0 fully saturated rings. The maximum Gasteiger partial charge on any atom is 0.185 e. The molecule has 0 aromatic rings. The zero-order valence-electron chi connectivity index (χ0n) is 13.4. The topological polar surface area (TPSA) is 17.1 Å². The highest BCUT2D eigenvalue weighted by Crippen LogP contribution is 2.13. The van der Waals surface area contributed by atoms with Crippen molar-refractivity contribution in [2.24, 2.45) is 0 Å². The molecule has 2 heteroatoms. The van der Waals surface area contributed by atoms with E-state index in [0.717, 1.165) is 12.8 Å². The van der Waals surface area contributed by atoms with Crippen molar-refractivity contribution in [3.63, 3.8) is 0 Å². The van der Waals surface area contributed by atoms with Crippen LogP contribution in [0.3, 0.4) is 0 Å². The zero-order valence-corrected chi connectivity index (χ0v) is 14.3. The molecule has 0 rings (SSSR count). The van der Waals surface area contributed by atoms with Crippen molar-refractivity contribution in [1.82, 2.24) is 0 Å². The second kappa shape index (κ2) is 17.1. The fourth-order valence-corrected chi connectivity index (χ4v) is 2.73. The molecule has 0 heterocycles. The van der Waals surface area contributed by atoms with Crippen LogP contribution >= 0.6 is 12.6 Å². The van der Waals surface area contributed by atoms with Crippen LogP contribution in [-0.4, -0.2) is 5.12 Å². The standard InChI is InChI=1S/C18H35OS/c1-2-3-4-5-6-7-8-9-10-11-12-13-14-15-16-17-18(19)20/h1-17H2,(H,19,20)/q-1. The van der Waals surface area contributed by atoms with E-state index in [1.807, 2.05) is 0 Å². The minimum atomic E-state index is 0.0383. The van der Waals surface area contributed by atoms with Gasteiger partial charge in [0, 0.05) is 6.42 Å². The molecular formula is C18H35OS-. The third kappa shape index (κ3) is 18.0. The fraction of sp³-hybridized carbons (Fsp3) is 0.889. The molecule has 0 atom stereocenters. The molecule has 20 heavy (non-hydrogen) atoms. The Hall–Kier alpha value is 0.0200. The van der Waals surface area contributed by atoms with Crippen molar-refractivity contribution >= 4 is 17.7 Å².